The molecule has 0 aromatic carbocycles. The molecule has 2 fully saturated rings. The number of piperidine rings is 1. The van der Waals surface area contributed by atoms with E-state index in [1.54, 1.807) is 11.3 Å². The second kappa shape index (κ2) is 4.67. The summed E-state index contributed by atoms with van der Waals surface area (Å²) in [5.41, 5.74) is 3.14. The zero-order valence-corrected chi connectivity index (χ0v) is 11.5. The van der Waals surface area contributed by atoms with Crippen molar-refractivity contribution in [2.24, 2.45) is 0 Å². The van der Waals surface area contributed by atoms with Gasteiger partial charge in [0.2, 0.25) is 0 Å². The molecule has 17 heavy (non-hydrogen) atoms. The van der Waals surface area contributed by atoms with E-state index in [9.17, 15) is 0 Å². The summed E-state index contributed by atoms with van der Waals surface area (Å²) in [5, 5.41) is 3.73. The van der Waals surface area contributed by atoms with Gasteiger partial charge in [-0.25, -0.2) is 4.98 Å². The van der Waals surface area contributed by atoms with Crippen LogP contribution >= 0.6 is 11.3 Å². The molecular weight excluding hydrogens is 230 g/mol. The standard InChI is InChI=1S/C13H21N3S/c1-9-13(17-8-15-9)7-14-10-5-11-3-4-12(6-10)16(11)2/h8,10-12,14H,3-7H2,1-2H3. The van der Waals surface area contributed by atoms with Crippen LogP contribution in [0.4, 0.5) is 0 Å². The van der Waals surface area contributed by atoms with E-state index in [0.717, 1.165) is 18.6 Å². The van der Waals surface area contributed by atoms with E-state index in [-0.39, 0.29) is 0 Å². The van der Waals surface area contributed by atoms with Gasteiger partial charge in [-0.05, 0) is 39.7 Å². The molecule has 2 aliphatic rings. The predicted octanol–water partition coefficient (Wildman–Crippen LogP) is 2.17. The van der Waals surface area contributed by atoms with E-state index in [1.165, 1.54) is 36.3 Å². The molecule has 94 valence electrons. The summed E-state index contributed by atoms with van der Waals surface area (Å²) in [6.45, 7) is 3.11. The van der Waals surface area contributed by atoms with Crippen LogP contribution in [-0.2, 0) is 6.54 Å². The molecule has 3 nitrogen and oxygen atoms in total. The smallest absolute Gasteiger partial charge is 0.0798 e. The van der Waals surface area contributed by atoms with Gasteiger partial charge >= 0.3 is 0 Å². The largest absolute Gasteiger partial charge is 0.309 e. The lowest BCUT2D eigenvalue weighted by Crippen LogP contribution is -2.46. The minimum atomic E-state index is 0.713. The molecule has 3 heterocycles. The molecule has 4 heteroatoms. The Hall–Kier alpha value is -0.450. The van der Waals surface area contributed by atoms with E-state index in [1.807, 2.05) is 5.51 Å². The molecule has 2 unspecified atom stereocenters. The van der Waals surface area contributed by atoms with Crippen molar-refractivity contribution in [3.05, 3.63) is 16.1 Å². The Balaban J connectivity index is 1.56. The highest BCUT2D eigenvalue weighted by Crippen LogP contribution is 2.34. The van der Waals surface area contributed by atoms with Crippen LogP contribution in [0.15, 0.2) is 5.51 Å². The number of nitrogens with zero attached hydrogens (tertiary/aromatic N) is 2. The molecule has 0 spiro atoms. The lowest BCUT2D eigenvalue weighted by atomic mass is 9.98. The molecule has 2 aliphatic heterocycles. The van der Waals surface area contributed by atoms with Gasteiger partial charge in [-0.15, -0.1) is 11.3 Å². The Bertz CT molecular complexity index is 376. The summed E-state index contributed by atoms with van der Waals surface area (Å²) in [4.78, 5) is 8.30. The zero-order valence-electron chi connectivity index (χ0n) is 10.6. The molecule has 0 aliphatic carbocycles. The Morgan fingerprint density at radius 3 is 2.71 bits per heavy atom. The molecule has 2 atom stereocenters. The fraction of sp³-hybridized carbons (Fsp3) is 0.769. The van der Waals surface area contributed by atoms with Gasteiger partial charge in [0.15, 0.2) is 0 Å². The molecule has 0 amide bonds. The van der Waals surface area contributed by atoms with Crippen molar-refractivity contribution in [1.82, 2.24) is 15.2 Å². The van der Waals surface area contributed by atoms with Crippen molar-refractivity contribution in [1.29, 1.82) is 0 Å². The minimum absolute atomic E-state index is 0.713. The Labute approximate surface area is 107 Å². The molecule has 3 rings (SSSR count). The van der Waals surface area contributed by atoms with E-state index < -0.39 is 0 Å². The summed E-state index contributed by atoms with van der Waals surface area (Å²) in [6.07, 6.45) is 5.45. The highest BCUT2D eigenvalue weighted by atomic mass is 32.1. The molecule has 1 N–H and O–H groups in total. The second-order valence-corrected chi connectivity index (χ2v) is 6.40. The predicted molar refractivity (Wildman–Crippen MR) is 71.3 cm³/mol. The minimum Gasteiger partial charge on any atom is -0.309 e. The summed E-state index contributed by atoms with van der Waals surface area (Å²) in [6, 6.07) is 2.37. The number of hydrogen-bond donors (Lipinski definition) is 1. The van der Waals surface area contributed by atoms with E-state index >= 15 is 0 Å². The van der Waals surface area contributed by atoms with Crippen molar-refractivity contribution in [3.8, 4) is 0 Å². The van der Waals surface area contributed by atoms with Gasteiger partial charge in [0, 0.05) is 29.5 Å². The molecule has 1 aromatic rings. The van der Waals surface area contributed by atoms with Crippen molar-refractivity contribution in [3.63, 3.8) is 0 Å². The van der Waals surface area contributed by atoms with Gasteiger partial charge in [0.05, 0.1) is 11.2 Å². The van der Waals surface area contributed by atoms with Crippen LogP contribution in [0.2, 0.25) is 0 Å². The quantitative estimate of drug-likeness (QED) is 0.892. The average molecular weight is 251 g/mol. The number of aryl methyl sites for hydroxylation is 1. The van der Waals surface area contributed by atoms with Crippen molar-refractivity contribution < 1.29 is 0 Å². The first-order valence-corrected chi connectivity index (χ1v) is 7.46. The maximum Gasteiger partial charge on any atom is 0.0798 e. The molecule has 2 bridgehead atoms. The first kappa shape index (κ1) is 11.6. The lowest BCUT2D eigenvalue weighted by molar-refractivity contribution is 0.148. The summed E-state index contributed by atoms with van der Waals surface area (Å²) in [7, 11) is 2.30. The highest BCUT2D eigenvalue weighted by Gasteiger charge is 2.38. The molecule has 0 saturated carbocycles. The maximum atomic E-state index is 4.30. The molecule has 2 saturated heterocycles. The molecular formula is C13H21N3S. The summed E-state index contributed by atoms with van der Waals surface area (Å²) < 4.78 is 0. The normalized spacial score (nSPS) is 33.2. The second-order valence-electron chi connectivity index (χ2n) is 5.46. The summed E-state index contributed by atoms with van der Waals surface area (Å²) >= 11 is 1.77. The van der Waals surface area contributed by atoms with Crippen molar-refractivity contribution in [2.45, 2.75) is 57.3 Å². The number of aromatic nitrogens is 1. The van der Waals surface area contributed by atoms with Crippen LogP contribution in [0.3, 0.4) is 0 Å². The van der Waals surface area contributed by atoms with Gasteiger partial charge in [-0.1, -0.05) is 0 Å². The number of hydrogen-bond acceptors (Lipinski definition) is 4. The number of fused-ring (bicyclic) bond motifs is 2. The van der Waals surface area contributed by atoms with Gasteiger partial charge < -0.3 is 10.2 Å². The Morgan fingerprint density at radius 1 is 1.41 bits per heavy atom. The fourth-order valence-electron chi connectivity index (χ4n) is 3.31. The van der Waals surface area contributed by atoms with E-state index in [2.05, 4.69) is 29.2 Å². The monoisotopic (exact) mass is 251 g/mol. The number of nitrogens with one attached hydrogen (secondary N) is 1. The topological polar surface area (TPSA) is 28.2 Å². The van der Waals surface area contributed by atoms with Crippen molar-refractivity contribution >= 4 is 11.3 Å². The highest BCUT2D eigenvalue weighted by molar-refractivity contribution is 7.09. The van der Waals surface area contributed by atoms with Crippen LogP contribution in [0.25, 0.3) is 0 Å². The van der Waals surface area contributed by atoms with E-state index in [0.29, 0.717) is 6.04 Å². The van der Waals surface area contributed by atoms with Crippen LogP contribution in [0.5, 0.6) is 0 Å². The van der Waals surface area contributed by atoms with E-state index in [4.69, 9.17) is 0 Å². The zero-order chi connectivity index (χ0) is 11.8. The lowest BCUT2D eigenvalue weighted by Gasteiger charge is -2.36. The Kier molecular flexibility index (Phi) is 3.19. The van der Waals surface area contributed by atoms with Gasteiger partial charge in [0.1, 0.15) is 0 Å². The Morgan fingerprint density at radius 2 is 2.12 bits per heavy atom. The third kappa shape index (κ3) is 2.26. The number of rotatable bonds is 3. The third-order valence-corrected chi connectivity index (χ3v) is 5.43. The summed E-state index contributed by atoms with van der Waals surface area (Å²) in [5.74, 6) is 0. The maximum absolute atomic E-state index is 4.30. The fourth-order valence-corrected chi connectivity index (χ4v) is 4.04. The third-order valence-electron chi connectivity index (χ3n) is 4.49. The van der Waals surface area contributed by atoms with Crippen LogP contribution in [-0.4, -0.2) is 35.1 Å². The first-order valence-electron chi connectivity index (χ1n) is 6.58. The first-order chi connectivity index (χ1) is 8.24. The number of thiazole rings is 1. The van der Waals surface area contributed by atoms with Crippen LogP contribution in [0, 0.1) is 6.92 Å². The van der Waals surface area contributed by atoms with Gasteiger partial charge in [0.25, 0.3) is 0 Å². The van der Waals surface area contributed by atoms with Gasteiger partial charge in [-0.3, -0.25) is 0 Å². The van der Waals surface area contributed by atoms with Gasteiger partial charge in [-0.2, -0.15) is 0 Å². The SMILES string of the molecule is Cc1ncsc1CNC1CC2CCC(C1)N2C. The molecule has 1 aromatic heterocycles. The van der Waals surface area contributed by atoms with Crippen LogP contribution in [0.1, 0.15) is 36.3 Å². The average Bonchev–Trinajstić information content (AvgIpc) is 2.78. The van der Waals surface area contributed by atoms with Crippen molar-refractivity contribution in [2.75, 3.05) is 7.05 Å². The van der Waals surface area contributed by atoms with Crippen LogP contribution < -0.4 is 5.32 Å². The molecule has 0 radical (unpaired) electrons.